The zero-order chi connectivity index (χ0) is 18.8. The third-order valence-corrected chi connectivity index (χ3v) is 6.58. The molecule has 4 rings (SSSR count). The molecule has 2 aliphatic rings. The molecule has 5 nitrogen and oxygen atoms in total. The number of halogens is 1. The molecule has 3 heterocycles. The molecule has 0 spiro atoms. The van der Waals surface area contributed by atoms with Gasteiger partial charge in [0.15, 0.2) is 0 Å². The third kappa shape index (κ3) is 4.57. The highest BCUT2D eigenvalue weighted by Crippen LogP contribution is 2.29. The summed E-state index contributed by atoms with van der Waals surface area (Å²) < 4.78 is 0. The van der Waals surface area contributed by atoms with Crippen molar-refractivity contribution in [1.82, 2.24) is 15.5 Å². The molecule has 0 radical (unpaired) electrons. The van der Waals surface area contributed by atoms with Crippen LogP contribution in [0.5, 0.6) is 0 Å². The maximum absolute atomic E-state index is 12.8. The minimum Gasteiger partial charge on any atom is -0.347 e. The molecule has 2 aromatic rings. The minimum absolute atomic E-state index is 0. The maximum Gasteiger partial charge on any atom is 0.261 e. The molecule has 1 aromatic carbocycles. The van der Waals surface area contributed by atoms with Gasteiger partial charge in [0.2, 0.25) is 0 Å². The van der Waals surface area contributed by atoms with Crippen LogP contribution in [0, 0.1) is 0 Å². The van der Waals surface area contributed by atoms with E-state index in [1.54, 1.807) is 0 Å². The predicted molar refractivity (Wildman–Crippen MR) is 114 cm³/mol. The number of benzene rings is 1. The first-order chi connectivity index (χ1) is 13.1. The van der Waals surface area contributed by atoms with Crippen LogP contribution in [0.1, 0.15) is 51.3 Å². The zero-order valence-electron chi connectivity index (χ0n) is 15.9. The molecule has 0 saturated carbocycles. The second-order valence-corrected chi connectivity index (χ2v) is 8.48. The lowest BCUT2D eigenvalue weighted by Gasteiger charge is -2.35. The molecule has 1 aromatic heterocycles. The Morgan fingerprint density at radius 3 is 2.43 bits per heavy atom. The normalized spacial score (nSPS) is 23.0. The Morgan fingerprint density at radius 2 is 1.82 bits per heavy atom. The summed E-state index contributed by atoms with van der Waals surface area (Å²) in [6.45, 7) is 0.457. The minimum atomic E-state index is -0.0644. The van der Waals surface area contributed by atoms with Crippen LogP contribution >= 0.6 is 23.7 Å². The van der Waals surface area contributed by atoms with E-state index in [9.17, 15) is 9.59 Å². The molecule has 28 heavy (non-hydrogen) atoms. The van der Waals surface area contributed by atoms with Crippen LogP contribution in [-0.2, 0) is 6.54 Å². The Hall–Kier alpha value is -1.89. The quantitative estimate of drug-likeness (QED) is 0.780. The fraction of sp³-hybridized carbons (Fsp3) is 0.429. The number of fused-ring (bicyclic) bond motifs is 2. The number of carbonyl (C=O) groups is 2. The fourth-order valence-corrected chi connectivity index (χ4v) is 4.80. The number of nitrogens with zero attached hydrogens (tertiary/aromatic N) is 1. The van der Waals surface area contributed by atoms with Gasteiger partial charge >= 0.3 is 0 Å². The van der Waals surface area contributed by atoms with Crippen LogP contribution in [0.15, 0.2) is 41.8 Å². The molecule has 2 atom stereocenters. The highest BCUT2D eigenvalue weighted by Gasteiger charge is 2.36. The van der Waals surface area contributed by atoms with Crippen molar-refractivity contribution < 1.29 is 9.59 Å². The molecular formula is C21H26ClN3O2S. The zero-order valence-corrected chi connectivity index (χ0v) is 17.5. The van der Waals surface area contributed by atoms with Crippen LogP contribution < -0.4 is 10.6 Å². The summed E-state index contributed by atoms with van der Waals surface area (Å²) in [5, 5.41) is 8.42. The van der Waals surface area contributed by atoms with E-state index >= 15 is 0 Å². The van der Waals surface area contributed by atoms with Gasteiger partial charge in [-0.05, 0) is 54.8 Å². The van der Waals surface area contributed by atoms with Crippen molar-refractivity contribution in [3.8, 4) is 0 Å². The molecule has 2 unspecified atom stereocenters. The molecule has 2 aliphatic heterocycles. The first-order valence-corrected chi connectivity index (χ1v) is 10.4. The van der Waals surface area contributed by atoms with E-state index in [1.165, 1.54) is 24.2 Å². The van der Waals surface area contributed by atoms with Crippen LogP contribution in [0.2, 0.25) is 0 Å². The first-order valence-electron chi connectivity index (χ1n) is 9.54. The number of hydrogen-bond donors (Lipinski definition) is 2. The van der Waals surface area contributed by atoms with Gasteiger partial charge in [0.05, 0.1) is 4.88 Å². The summed E-state index contributed by atoms with van der Waals surface area (Å²) in [5.41, 5.74) is 1.69. The van der Waals surface area contributed by atoms with Crippen molar-refractivity contribution in [1.29, 1.82) is 0 Å². The summed E-state index contributed by atoms with van der Waals surface area (Å²) in [6, 6.07) is 12.7. The highest BCUT2D eigenvalue weighted by atomic mass is 35.5. The Kier molecular flexibility index (Phi) is 6.75. The van der Waals surface area contributed by atoms with Crippen LogP contribution in [0.25, 0.3) is 0 Å². The summed E-state index contributed by atoms with van der Waals surface area (Å²) in [7, 11) is 1.92. The van der Waals surface area contributed by atoms with Gasteiger partial charge in [0.25, 0.3) is 11.8 Å². The van der Waals surface area contributed by atoms with Crippen molar-refractivity contribution in [2.75, 3.05) is 7.05 Å². The molecular weight excluding hydrogens is 394 g/mol. The van der Waals surface area contributed by atoms with E-state index in [4.69, 9.17) is 0 Å². The SMILES string of the molecule is CN(C(=O)c1ccc(CNC(=O)c2cccs2)cc1)C1CC2CCC(C1)N2.Cl. The number of nitrogens with one attached hydrogen (secondary N) is 2. The number of amides is 2. The maximum atomic E-state index is 12.8. The molecule has 150 valence electrons. The van der Waals surface area contributed by atoms with Gasteiger partial charge < -0.3 is 15.5 Å². The van der Waals surface area contributed by atoms with Crippen molar-refractivity contribution in [3.63, 3.8) is 0 Å². The van der Waals surface area contributed by atoms with Gasteiger partial charge in [-0.15, -0.1) is 23.7 Å². The standard InChI is InChI=1S/C21H25N3O2S.ClH/c1-24(18-11-16-8-9-17(12-18)23-16)21(26)15-6-4-14(5-7-15)13-22-20(25)19-3-2-10-27-19;/h2-7,10,16-18,23H,8-9,11-13H2,1H3,(H,22,25);1H. The van der Waals surface area contributed by atoms with Gasteiger partial charge in [-0.3, -0.25) is 9.59 Å². The van der Waals surface area contributed by atoms with Crippen molar-refractivity contribution >= 4 is 35.6 Å². The van der Waals surface area contributed by atoms with E-state index in [2.05, 4.69) is 10.6 Å². The second-order valence-electron chi connectivity index (χ2n) is 7.54. The largest absolute Gasteiger partial charge is 0.347 e. The lowest BCUT2D eigenvalue weighted by molar-refractivity contribution is 0.0681. The molecule has 2 N–H and O–H groups in total. The monoisotopic (exact) mass is 419 g/mol. The summed E-state index contributed by atoms with van der Waals surface area (Å²) in [5.74, 6) is 0.0147. The molecule has 2 saturated heterocycles. The number of carbonyl (C=O) groups excluding carboxylic acids is 2. The van der Waals surface area contributed by atoms with Gasteiger partial charge in [-0.2, -0.15) is 0 Å². The second kappa shape index (κ2) is 9.07. The number of thiophene rings is 1. The third-order valence-electron chi connectivity index (χ3n) is 5.72. The van der Waals surface area contributed by atoms with Gasteiger partial charge in [-0.1, -0.05) is 18.2 Å². The van der Waals surface area contributed by atoms with E-state index < -0.39 is 0 Å². The lowest BCUT2D eigenvalue weighted by Crippen LogP contribution is -2.48. The summed E-state index contributed by atoms with van der Waals surface area (Å²) >= 11 is 1.43. The average Bonchev–Trinajstić information content (AvgIpc) is 3.35. The topological polar surface area (TPSA) is 61.4 Å². The van der Waals surface area contributed by atoms with Gasteiger partial charge in [0.1, 0.15) is 0 Å². The van der Waals surface area contributed by atoms with Crippen LogP contribution in [-0.4, -0.2) is 41.9 Å². The molecule has 7 heteroatoms. The van der Waals surface area contributed by atoms with Crippen molar-refractivity contribution in [2.45, 2.75) is 50.4 Å². The lowest BCUT2D eigenvalue weighted by atomic mass is 9.98. The fourth-order valence-electron chi connectivity index (χ4n) is 4.16. The highest BCUT2D eigenvalue weighted by molar-refractivity contribution is 7.12. The van der Waals surface area contributed by atoms with Gasteiger partial charge in [0, 0.05) is 37.3 Å². The number of rotatable bonds is 5. The van der Waals surface area contributed by atoms with Crippen LogP contribution in [0.4, 0.5) is 0 Å². The number of hydrogen-bond acceptors (Lipinski definition) is 4. The molecule has 2 fully saturated rings. The molecule has 0 aliphatic carbocycles. The van der Waals surface area contributed by atoms with Gasteiger partial charge in [-0.25, -0.2) is 0 Å². The Bertz CT molecular complexity index is 798. The van der Waals surface area contributed by atoms with Crippen molar-refractivity contribution in [3.05, 3.63) is 57.8 Å². The van der Waals surface area contributed by atoms with Crippen molar-refractivity contribution in [2.24, 2.45) is 0 Å². The Balaban J connectivity index is 0.00000225. The summed E-state index contributed by atoms with van der Waals surface area (Å²) in [6.07, 6.45) is 4.56. The van der Waals surface area contributed by atoms with Crippen LogP contribution in [0.3, 0.4) is 0 Å². The first kappa shape index (κ1) is 20.8. The number of piperidine rings is 1. The smallest absolute Gasteiger partial charge is 0.261 e. The van der Waals surface area contributed by atoms with E-state index in [-0.39, 0.29) is 24.2 Å². The van der Waals surface area contributed by atoms with E-state index in [1.807, 2.05) is 53.7 Å². The average molecular weight is 420 g/mol. The Morgan fingerprint density at radius 1 is 1.14 bits per heavy atom. The van der Waals surface area contributed by atoms with E-state index in [0.29, 0.717) is 35.1 Å². The summed E-state index contributed by atoms with van der Waals surface area (Å²) in [4.78, 5) is 27.5. The Labute approximate surface area is 175 Å². The predicted octanol–water partition coefficient (Wildman–Crippen LogP) is 3.45. The molecule has 2 amide bonds. The molecule has 2 bridgehead atoms. The van der Waals surface area contributed by atoms with E-state index in [0.717, 1.165) is 18.4 Å².